The summed E-state index contributed by atoms with van der Waals surface area (Å²) in [6.07, 6.45) is 0. The van der Waals surface area contributed by atoms with E-state index in [4.69, 9.17) is 5.73 Å². The van der Waals surface area contributed by atoms with Gasteiger partial charge in [0.2, 0.25) is 5.91 Å². The molecular formula is C12H24N2O3. The first-order valence-corrected chi connectivity index (χ1v) is 5.75. The van der Waals surface area contributed by atoms with Gasteiger partial charge in [0, 0.05) is 0 Å². The first-order valence-electron chi connectivity index (χ1n) is 5.75. The Bertz CT molecular complexity index is 282. The van der Waals surface area contributed by atoms with Gasteiger partial charge in [0.1, 0.15) is 6.04 Å². The summed E-state index contributed by atoms with van der Waals surface area (Å²) in [4.78, 5) is 23.4. The standard InChI is InChI=1S/C12H24N2O3/c1-7(2)8(11(16)17-6)14-10(15)9(13)12(3,4)5/h7-9H,13H2,1-6H3,(H,14,15)/t8?,9-/m0/s1. The zero-order valence-electron chi connectivity index (χ0n) is 11.5. The number of esters is 1. The molecule has 0 bridgehead atoms. The molecule has 0 aromatic heterocycles. The van der Waals surface area contributed by atoms with Crippen LogP contribution in [0.4, 0.5) is 0 Å². The molecule has 1 amide bonds. The monoisotopic (exact) mass is 244 g/mol. The van der Waals surface area contributed by atoms with Crippen molar-refractivity contribution in [2.45, 2.75) is 46.7 Å². The summed E-state index contributed by atoms with van der Waals surface area (Å²) in [5.74, 6) is -0.824. The molecule has 3 N–H and O–H groups in total. The van der Waals surface area contributed by atoms with Gasteiger partial charge >= 0.3 is 5.97 Å². The Kier molecular flexibility index (Phi) is 5.61. The Morgan fingerprint density at radius 3 is 2.00 bits per heavy atom. The molecule has 0 rings (SSSR count). The molecule has 0 spiro atoms. The molecule has 0 saturated carbocycles. The van der Waals surface area contributed by atoms with E-state index in [1.165, 1.54) is 7.11 Å². The van der Waals surface area contributed by atoms with Gasteiger partial charge in [-0.1, -0.05) is 34.6 Å². The number of methoxy groups -OCH3 is 1. The van der Waals surface area contributed by atoms with Gasteiger partial charge in [-0.2, -0.15) is 0 Å². The third kappa shape index (κ3) is 4.73. The minimum atomic E-state index is -0.659. The second-order valence-corrected chi connectivity index (χ2v) is 5.60. The fraction of sp³-hybridized carbons (Fsp3) is 0.833. The van der Waals surface area contributed by atoms with Crippen LogP contribution in [-0.2, 0) is 14.3 Å². The number of hydrogen-bond acceptors (Lipinski definition) is 4. The number of hydrogen-bond donors (Lipinski definition) is 2. The third-order valence-electron chi connectivity index (χ3n) is 2.64. The van der Waals surface area contributed by atoms with Crippen LogP contribution < -0.4 is 11.1 Å². The van der Waals surface area contributed by atoms with E-state index < -0.39 is 18.1 Å². The molecule has 0 radical (unpaired) electrons. The van der Waals surface area contributed by atoms with Crippen LogP contribution in [0.5, 0.6) is 0 Å². The Morgan fingerprint density at radius 2 is 1.71 bits per heavy atom. The molecule has 0 aromatic carbocycles. The summed E-state index contributed by atoms with van der Waals surface area (Å²) < 4.78 is 4.65. The number of carbonyl (C=O) groups is 2. The molecule has 0 aliphatic carbocycles. The number of ether oxygens (including phenoxy) is 1. The normalized spacial score (nSPS) is 15.3. The van der Waals surface area contributed by atoms with Crippen LogP contribution in [0.15, 0.2) is 0 Å². The average molecular weight is 244 g/mol. The van der Waals surface area contributed by atoms with Crippen molar-refractivity contribution in [3.05, 3.63) is 0 Å². The van der Waals surface area contributed by atoms with Crippen LogP contribution in [0, 0.1) is 11.3 Å². The van der Waals surface area contributed by atoms with Crippen molar-refractivity contribution in [1.82, 2.24) is 5.32 Å². The maximum Gasteiger partial charge on any atom is 0.328 e. The van der Waals surface area contributed by atoms with Crippen molar-refractivity contribution in [3.63, 3.8) is 0 Å². The molecule has 0 heterocycles. The van der Waals surface area contributed by atoms with Crippen LogP contribution in [0.3, 0.4) is 0 Å². The van der Waals surface area contributed by atoms with Crippen LogP contribution in [0.1, 0.15) is 34.6 Å². The zero-order valence-corrected chi connectivity index (χ0v) is 11.5. The number of amides is 1. The number of carbonyl (C=O) groups excluding carboxylic acids is 2. The van der Waals surface area contributed by atoms with Crippen molar-refractivity contribution in [3.8, 4) is 0 Å². The largest absolute Gasteiger partial charge is 0.467 e. The van der Waals surface area contributed by atoms with Crippen LogP contribution >= 0.6 is 0 Å². The van der Waals surface area contributed by atoms with Gasteiger partial charge in [0.05, 0.1) is 13.2 Å². The van der Waals surface area contributed by atoms with Gasteiger partial charge in [-0.3, -0.25) is 4.79 Å². The maximum atomic E-state index is 11.9. The van der Waals surface area contributed by atoms with Crippen molar-refractivity contribution < 1.29 is 14.3 Å². The SMILES string of the molecule is COC(=O)C(NC(=O)[C@H](N)C(C)(C)C)C(C)C. The minimum Gasteiger partial charge on any atom is -0.467 e. The number of nitrogens with one attached hydrogen (secondary N) is 1. The van der Waals surface area contributed by atoms with Crippen molar-refractivity contribution in [2.24, 2.45) is 17.1 Å². The fourth-order valence-electron chi connectivity index (χ4n) is 1.26. The first kappa shape index (κ1) is 15.9. The lowest BCUT2D eigenvalue weighted by Crippen LogP contribution is -2.54. The van der Waals surface area contributed by atoms with E-state index in [-0.39, 0.29) is 17.2 Å². The van der Waals surface area contributed by atoms with Crippen molar-refractivity contribution in [2.75, 3.05) is 7.11 Å². The molecule has 2 atom stereocenters. The fourth-order valence-corrected chi connectivity index (χ4v) is 1.26. The van der Waals surface area contributed by atoms with E-state index in [1.807, 2.05) is 34.6 Å². The van der Waals surface area contributed by atoms with Gasteiger partial charge in [0.15, 0.2) is 0 Å². The van der Waals surface area contributed by atoms with Crippen LogP contribution in [0.2, 0.25) is 0 Å². The summed E-state index contributed by atoms with van der Waals surface area (Å²) in [6.45, 7) is 9.30. The van der Waals surface area contributed by atoms with Gasteiger partial charge in [-0.05, 0) is 11.3 Å². The lowest BCUT2D eigenvalue weighted by molar-refractivity contribution is -0.146. The molecule has 0 fully saturated rings. The summed E-state index contributed by atoms with van der Waals surface area (Å²) >= 11 is 0. The molecule has 0 aliphatic rings. The summed E-state index contributed by atoms with van der Waals surface area (Å²) in [7, 11) is 1.30. The van der Waals surface area contributed by atoms with Crippen molar-refractivity contribution in [1.29, 1.82) is 0 Å². The first-order chi connectivity index (χ1) is 7.61. The lowest BCUT2D eigenvalue weighted by atomic mass is 9.86. The molecular weight excluding hydrogens is 220 g/mol. The molecule has 0 aliphatic heterocycles. The Balaban J connectivity index is 4.68. The number of rotatable bonds is 4. The number of nitrogens with two attached hydrogens (primary N) is 1. The molecule has 5 heteroatoms. The van der Waals surface area contributed by atoms with Gasteiger partial charge in [-0.25, -0.2) is 4.79 Å². The minimum absolute atomic E-state index is 0.0430. The van der Waals surface area contributed by atoms with Gasteiger partial charge in [0.25, 0.3) is 0 Å². The van der Waals surface area contributed by atoms with E-state index in [0.29, 0.717) is 0 Å². The topological polar surface area (TPSA) is 81.4 Å². The Morgan fingerprint density at radius 1 is 1.24 bits per heavy atom. The quantitative estimate of drug-likeness (QED) is 0.712. The van der Waals surface area contributed by atoms with E-state index >= 15 is 0 Å². The highest BCUT2D eigenvalue weighted by Gasteiger charge is 2.32. The highest BCUT2D eigenvalue weighted by atomic mass is 16.5. The Labute approximate surface area is 103 Å². The van der Waals surface area contributed by atoms with E-state index in [1.54, 1.807) is 0 Å². The molecule has 0 aromatic rings. The van der Waals surface area contributed by atoms with E-state index in [9.17, 15) is 9.59 Å². The second kappa shape index (κ2) is 6.00. The average Bonchev–Trinajstić information content (AvgIpc) is 2.21. The molecule has 0 saturated heterocycles. The molecule has 100 valence electrons. The highest BCUT2D eigenvalue weighted by molar-refractivity contribution is 5.88. The molecule has 5 nitrogen and oxygen atoms in total. The summed E-state index contributed by atoms with van der Waals surface area (Å²) in [6, 6.07) is -1.31. The van der Waals surface area contributed by atoms with Crippen LogP contribution in [-0.4, -0.2) is 31.1 Å². The summed E-state index contributed by atoms with van der Waals surface area (Å²) in [5, 5.41) is 2.63. The van der Waals surface area contributed by atoms with Crippen molar-refractivity contribution >= 4 is 11.9 Å². The summed E-state index contributed by atoms with van der Waals surface area (Å²) in [5.41, 5.74) is 5.47. The molecule has 17 heavy (non-hydrogen) atoms. The predicted molar refractivity (Wildman–Crippen MR) is 66.2 cm³/mol. The van der Waals surface area contributed by atoms with Gasteiger partial charge < -0.3 is 15.8 Å². The van der Waals surface area contributed by atoms with E-state index in [0.717, 1.165) is 0 Å². The molecule has 1 unspecified atom stereocenters. The maximum absolute atomic E-state index is 11.9. The Hall–Kier alpha value is -1.10. The lowest BCUT2D eigenvalue weighted by Gasteiger charge is -2.28. The second-order valence-electron chi connectivity index (χ2n) is 5.60. The van der Waals surface area contributed by atoms with Crippen LogP contribution in [0.25, 0.3) is 0 Å². The zero-order chi connectivity index (χ0) is 13.8. The van der Waals surface area contributed by atoms with E-state index in [2.05, 4.69) is 10.1 Å². The highest BCUT2D eigenvalue weighted by Crippen LogP contribution is 2.17. The predicted octanol–water partition coefficient (Wildman–Crippen LogP) is 0.674. The smallest absolute Gasteiger partial charge is 0.328 e. The third-order valence-corrected chi connectivity index (χ3v) is 2.64. The van der Waals surface area contributed by atoms with Gasteiger partial charge in [-0.15, -0.1) is 0 Å².